The quantitative estimate of drug-likeness (QED) is 0.625. The maximum absolute atomic E-state index is 12.0. The topological polar surface area (TPSA) is 110 Å². The second-order valence-corrected chi connectivity index (χ2v) is 9.18. The first-order valence-corrected chi connectivity index (χ1v) is 11.9. The largest absolute Gasteiger partial charge is 0.492 e. The van der Waals surface area contributed by atoms with Crippen molar-refractivity contribution in [3.8, 4) is 11.8 Å². The maximum atomic E-state index is 12.0. The van der Waals surface area contributed by atoms with E-state index in [4.69, 9.17) is 14.7 Å². The van der Waals surface area contributed by atoms with E-state index < -0.39 is 6.09 Å². The van der Waals surface area contributed by atoms with Gasteiger partial charge in [0.05, 0.1) is 36.4 Å². The minimum atomic E-state index is -0.887. The molecule has 3 heterocycles. The predicted octanol–water partition coefficient (Wildman–Crippen LogP) is 0.923. The van der Waals surface area contributed by atoms with E-state index in [2.05, 4.69) is 15.9 Å². The van der Waals surface area contributed by atoms with Crippen LogP contribution in [0.4, 0.5) is 4.79 Å². The van der Waals surface area contributed by atoms with Gasteiger partial charge in [0.25, 0.3) is 0 Å². The Morgan fingerprint density at radius 2 is 1.82 bits per heavy atom. The van der Waals surface area contributed by atoms with E-state index in [0.717, 1.165) is 45.0 Å². The van der Waals surface area contributed by atoms with Crippen LogP contribution in [0.3, 0.4) is 0 Å². The number of carboxylic acid groups (broad SMARTS) is 1. The Bertz CT molecular complexity index is 896. The molecule has 0 spiro atoms. The molecule has 0 saturated carbocycles. The smallest absolute Gasteiger partial charge is 0.407 e. The summed E-state index contributed by atoms with van der Waals surface area (Å²) in [4.78, 5) is 31.5. The van der Waals surface area contributed by atoms with Crippen molar-refractivity contribution < 1.29 is 24.2 Å². The molecule has 3 fully saturated rings. The van der Waals surface area contributed by atoms with E-state index in [0.29, 0.717) is 38.2 Å². The molecule has 34 heavy (non-hydrogen) atoms. The van der Waals surface area contributed by atoms with Gasteiger partial charge in [0.1, 0.15) is 12.4 Å². The van der Waals surface area contributed by atoms with Crippen LogP contribution in [-0.4, -0.2) is 120 Å². The lowest BCUT2D eigenvalue weighted by atomic mass is 9.98. The van der Waals surface area contributed by atoms with Gasteiger partial charge in [-0.05, 0) is 30.7 Å². The van der Waals surface area contributed by atoms with Crippen LogP contribution in [0.25, 0.3) is 0 Å². The van der Waals surface area contributed by atoms with Crippen LogP contribution in [0.1, 0.15) is 18.9 Å². The standard InChI is InChI=1S/C24H33N5O5/c1-18(30)28-10-8-26(9-11-28)7-6-22-23-17-27(15-21(34-23)16-29(22)24(31)32)12-13-33-20-4-2-19(14-25)3-5-20/h2-5,21-23H,6-13,15-17H2,1H3,(H,31,32). The SMILES string of the molecule is CC(=O)N1CCN(CCC2C3CN(CCOc4ccc(C#N)cc4)CC(CN2C(=O)O)O3)CC1. The first-order valence-electron chi connectivity index (χ1n) is 11.9. The zero-order chi connectivity index (χ0) is 24.1. The molecule has 0 radical (unpaired) electrons. The van der Waals surface area contributed by atoms with Gasteiger partial charge in [0.2, 0.25) is 5.91 Å². The van der Waals surface area contributed by atoms with Crippen molar-refractivity contribution in [2.45, 2.75) is 31.6 Å². The molecule has 3 atom stereocenters. The van der Waals surface area contributed by atoms with Gasteiger partial charge in [-0.15, -0.1) is 0 Å². The van der Waals surface area contributed by atoms with Crippen molar-refractivity contribution >= 4 is 12.0 Å². The molecule has 10 heteroatoms. The molecule has 1 aromatic rings. The molecule has 2 amide bonds. The lowest BCUT2D eigenvalue weighted by molar-refractivity contribution is -0.160. The lowest BCUT2D eigenvalue weighted by Crippen LogP contribution is -2.65. The number of benzene rings is 1. The third kappa shape index (κ3) is 5.97. The van der Waals surface area contributed by atoms with Crippen LogP contribution in [0.2, 0.25) is 0 Å². The molecule has 2 bridgehead atoms. The third-order valence-corrected chi connectivity index (χ3v) is 6.96. The number of nitriles is 1. The minimum absolute atomic E-state index is 0.105. The van der Waals surface area contributed by atoms with Crippen LogP contribution in [0, 0.1) is 11.3 Å². The fourth-order valence-electron chi connectivity index (χ4n) is 5.08. The lowest BCUT2D eigenvalue weighted by Gasteiger charge is -2.50. The molecule has 4 rings (SSSR count). The molecular formula is C24H33N5O5. The second kappa shape index (κ2) is 11.0. The number of carbonyl (C=O) groups excluding carboxylic acids is 1. The Morgan fingerprint density at radius 3 is 2.47 bits per heavy atom. The van der Waals surface area contributed by atoms with Gasteiger partial charge in [-0.3, -0.25) is 14.6 Å². The molecule has 0 aromatic heterocycles. The Balaban J connectivity index is 1.29. The average Bonchev–Trinajstić information content (AvgIpc) is 2.83. The maximum Gasteiger partial charge on any atom is 0.407 e. The number of amides is 2. The van der Waals surface area contributed by atoms with Crippen LogP contribution in [-0.2, 0) is 9.53 Å². The highest BCUT2D eigenvalue weighted by atomic mass is 16.5. The summed E-state index contributed by atoms with van der Waals surface area (Å²) >= 11 is 0. The van der Waals surface area contributed by atoms with Crippen LogP contribution in [0.5, 0.6) is 5.75 Å². The first kappa shape index (κ1) is 24.3. The summed E-state index contributed by atoms with van der Waals surface area (Å²) in [7, 11) is 0. The van der Waals surface area contributed by atoms with Gasteiger partial charge in [-0.25, -0.2) is 4.79 Å². The normalized spacial score (nSPS) is 25.6. The number of hydrogen-bond acceptors (Lipinski definition) is 7. The van der Waals surface area contributed by atoms with E-state index in [1.807, 2.05) is 4.90 Å². The summed E-state index contributed by atoms with van der Waals surface area (Å²) in [5.41, 5.74) is 0.600. The number of nitrogens with zero attached hydrogens (tertiary/aromatic N) is 5. The Morgan fingerprint density at radius 1 is 1.09 bits per heavy atom. The van der Waals surface area contributed by atoms with Gasteiger partial charge in [-0.1, -0.05) is 0 Å². The van der Waals surface area contributed by atoms with Crippen molar-refractivity contribution in [3.05, 3.63) is 29.8 Å². The molecule has 3 aliphatic rings. The Kier molecular flexibility index (Phi) is 7.88. The van der Waals surface area contributed by atoms with Crippen LogP contribution < -0.4 is 4.74 Å². The van der Waals surface area contributed by atoms with E-state index >= 15 is 0 Å². The monoisotopic (exact) mass is 471 g/mol. The average molecular weight is 472 g/mol. The van der Waals surface area contributed by atoms with E-state index in [1.165, 1.54) is 0 Å². The van der Waals surface area contributed by atoms with Crippen molar-refractivity contribution in [3.63, 3.8) is 0 Å². The van der Waals surface area contributed by atoms with Gasteiger partial charge in [-0.2, -0.15) is 5.26 Å². The highest BCUT2D eigenvalue weighted by Crippen LogP contribution is 2.27. The molecule has 1 N–H and O–H groups in total. The van der Waals surface area contributed by atoms with Crippen LogP contribution in [0.15, 0.2) is 24.3 Å². The molecule has 184 valence electrons. The molecule has 1 aromatic carbocycles. The number of hydrogen-bond donors (Lipinski definition) is 1. The van der Waals surface area contributed by atoms with E-state index in [9.17, 15) is 14.7 Å². The van der Waals surface area contributed by atoms with Crippen molar-refractivity contribution in [1.29, 1.82) is 5.26 Å². The minimum Gasteiger partial charge on any atom is -0.492 e. The van der Waals surface area contributed by atoms with Gasteiger partial charge in [0.15, 0.2) is 0 Å². The summed E-state index contributed by atoms with van der Waals surface area (Å²) in [6.07, 6.45) is -0.487. The van der Waals surface area contributed by atoms with Crippen molar-refractivity contribution in [1.82, 2.24) is 19.6 Å². The van der Waals surface area contributed by atoms with Crippen molar-refractivity contribution in [2.75, 3.05) is 65.5 Å². The number of carbonyl (C=O) groups is 2. The van der Waals surface area contributed by atoms with Crippen LogP contribution >= 0.6 is 0 Å². The Hall–Kier alpha value is -2.87. The Labute approximate surface area is 200 Å². The second-order valence-electron chi connectivity index (χ2n) is 9.18. The molecule has 3 unspecified atom stereocenters. The highest BCUT2D eigenvalue weighted by molar-refractivity contribution is 5.73. The zero-order valence-corrected chi connectivity index (χ0v) is 19.6. The fourth-order valence-corrected chi connectivity index (χ4v) is 5.08. The van der Waals surface area contributed by atoms with E-state index in [-0.39, 0.29) is 24.2 Å². The van der Waals surface area contributed by atoms with Gasteiger partial charge in [0, 0.05) is 59.3 Å². The fraction of sp³-hybridized carbons (Fsp3) is 0.625. The number of rotatable bonds is 7. The summed E-state index contributed by atoms with van der Waals surface area (Å²) in [6.45, 7) is 8.40. The summed E-state index contributed by atoms with van der Waals surface area (Å²) in [5, 5.41) is 18.7. The predicted molar refractivity (Wildman–Crippen MR) is 124 cm³/mol. The molecule has 3 saturated heterocycles. The molecule has 10 nitrogen and oxygen atoms in total. The van der Waals surface area contributed by atoms with E-state index in [1.54, 1.807) is 36.1 Å². The number of fused-ring (bicyclic) bond motifs is 2. The number of piperazine rings is 1. The first-order chi connectivity index (χ1) is 16.4. The van der Waals surface area contributed by atoms with Gasteiger partial charge >= 0.3 is 6.09 Å². The molecule has 0 aliphatic carbocycles. The summed E-state index contributed by atoms with van der Waals surface area (Å²) in [6, 6.07) is 8.96. The summed E-state index contributed by atoms with van der Waals surface area (Å²) in [5.74, 6) is 0.834. The number of morpholine rings is 2. The van der Waals surface area contributed by atoms with Crippen molar-refractivity contribution in [2.24, 2.45) is 0 Å². The van der Waals surface area contributed by atoms with Gasteiger partial charge < -0.3 is 24.4 Å². The number of ether oxygens (including phenoxy) is 2. The highest BCUT2D eigenvalue weighted by Gasteiger charge is 2.43. The summed E-state index contributed by atoms with van der Waals surface area (Å²) < 4.78 is 12.1. The molecular weight excluding hydrogens is 438 g/mol. The zero-order valence-electron chi connectivity index (χ0n) is 19.6. The molecule has 3 aliphatic heterocycles. The third-order valence-electron chi connectivity index (χ3n) is 6.96.